The quantitative estimate of drug-likeness (QED) is 0.0997. The van der Waals surface area contributed by atoms with Crippen molar-refractivity contribution in [3.63, 3.8) is 0 Å². The van der Waals surface area contributed by atoms with Crippen molar-refractivity contribution in [3.05, 3.63) is 0 Å². The third-order valence-electron chi connectivity index (χ3n) is 4.65. The molecule has 0 bridgehead atoms. The van der Waals surface area contributed by atoms with Crippen LogP contribution >= 0.6 is 15.6 Å². The van der Waals surface area contributed by atoms with E-state index in [0.29, 0.717) is 12.8 Å². The van der Waals surface area contributed by atoms with Gasteiger partial charge in [-0.15, -0.1) is 0 Å². The maximum Gasteiger partial charge on any atom is 0.469 e. The molecule has 0 saturated heterocycles. The average molecular weight is 495 g/mol. The summed E-state index contributed by atoms with van der Waals surface area (Å²) in [6.45, 7) is 0.228. The topological polar surface area (TPSA) is 134 Å². The second-order valence-electron chi connectivity index (χ2n) is 7.70. The van der Waals surface area contributed by atoms with E-state index in [2.05, 4.69) is 32.7 Å². The van der Waals surface area contributed by atoms with Gasteiger partial charge in [-0.25, -0.2) is 9.13 Å². The Bertz CT molecular complexity index is 605. The molecule has 0 aromatic heterocycles. The Morgan fingerprint density at radius 1 is 0.469 bits per heavy atom. The van der Waals surface area contributed by atoms with Crippen LogP contribution in [0.4, 0.5) is 0 Å². The van der Waals surface area contributed by atoms with Crippen LogP contribution in [0.3, 0.4) is 0 Å². The summed E-state index contributed by atoms with van der Waals surface area (Å²) < 4.78 is 29.8. The molecular formula is C22H40O8P2. The standard InChI is InChI=1S/C22H40O8P2/c23-31(24,25)29-21-19-17-15-13-11-9-7-5-3-1-2-4-6-8-10-12-14-16-18-20-22-30-32(26,27)28/h5-22H2,(H2,23,24,25)(H2,26,27,28). The summed E-state index contributed by atoms with van der Waals surface area (Å²) in [5.74, 6) is 12.0. The van der Waals surface area contributed by atoms with Gasteiger partial charge in [0.1, 0.15) is 0 Å². The van der Waals surface area contributed by atoms with Crippen LogP contribution in [0, 0.1) is 23.7 Å². The Morgan fingerprint density at radius 2 is 0.750 bits per heavy atom. The van der Waals surface area contributed by atoms with Crippen LogP contribution in [-0.4, -0.2) is 32.8 Å². The Hall–Kier alpha value is -0.660. The van der Waals surface area contributed by atoms with Crippen LogP contribution in [0.25, 0.3) is 0 Å². The molecule has 0 aliphatic heterocycles. The zero-order chi connectivity index (χ0) is 24.0. The van der Waals surface area contributed by atoms with Gasteiger partial charge in [0, 0.05) is 12.8 Å². The lowest BCUT2D eigenvalue weighted by atomic mass is 10.1. The van der Waals surface area contributed by atoms with E-state index in [0.717, 1.165) is 89.9 Å². The molecule has 0 aliphatic carbocycles. The number of hydrogen-bond donors (Lipinski definition) is 4. The highest BCUT2D eigenvalue weighted by Gasteiger charge is 2.12. The maximum atomic E-state index is 10.5. The lowest BCUT2D eigenvalue weighted by molar-refractivity contribution is 0.191. The van der Waals surface area contributed by atoms with Gasteiger partial charge >= 0.3 is 15.6 Å². The summed E-state index contributed by atoms with van der Waals surface area (Å²) >= 11 is 0. The van der Waals surface area contributed by atoms with Crippen molar-refractivity contribution in [3.8, 4) is 23.7 Å². The minimum absolute atomic E-state index is 0.114. The van der Waals surface area contributed by atoms with E-state index in [1.165, 1.54) is 0 Å². The summed E-state index contributed by atoms with van der Waals surface area (Å²) in [6.07, 6.45) is 16.0. The van der Waals surface area contributed by atoms with E-state index in [9.17, 15) is 9.13 Å². The molecule has 0 aromatic rings. The van der Waals surface area contributed by atoms with Gasteiger partial charge in [0.05, 0.1) is 13.2 Å². The molecule has 0 heterocycles. The molecule has 0 aliphatic rings. The zero-order valence-corrected chi connectivity index (χ0v) is 20.8. The molecule has 10 heteroatoms. The van der Waals surface area contributed by atoms with E-state index in [4.69, 9.17) is 19.6 Å². The van der Waals surface area contributed by atoms with E-state index in [1.807, 2.05) is 0 Å². The van der Waals surface area contributed by atoms with Crippen molar-refractivity contribution < 1.29 is 37.8 Å². The van der Waals surface area contributed by atoms with Crippen molar-refractivity contribution in [2.75, 3.05) is 13.2 Å². The lowest BCUT2D eigenvalue weighted by Gasteiger charge is -2.04. The fraction of sp³-hybridized carbons (Fsp3) is 0.818. The molecule has 0 unspecified atom stereocenters. The molecule has 186 valence electrons. The first kappa shape index (κ1) is 31.3. The molecular weight excluding hydrogens is 454 g/mol. The van der Waals surface area contributed by atoms with Gasteiger partial charge in [-0.1, -0.05) is 76.0 Å². The first-order valence-corrected chi connectivity index (χ1v) is 14.6. The van der Waals surface area contributed by atoms with Crippen molar-refractivity contribution in [1.82, 2.24) is 0 Å². The predicted octanol–water partition coefficient (Wildman–Crippen LogP) is 5.45. The summed E-state index contributed by atoms with van der Waals surface area (Å²) in [6, 6.07) is 0. The Morgan fingerprint density at radius 3 is 1.06 bits per heavy atom. The smallest absolute Gasteiger partial charge is 0.303 e. The molecule has 8 nitrogen and oxygen atoms in total. The van der Waals surface area contributed by atoms with Gasteiger partial charge in [0.25, 0.3) is 0 Å². The Labute approximate surface area is 193 Å². The van der Waals surface area contributed by atoms with Crippen molar-refractivity contribution in [2.45, 2.75) is 103 Å². The SMILES string of the molecule is O=P(O)(O)OCCCCCCCCCC#CC#CCCCCCCCCCOP(=O)(O)O. The fourth-order valence-corrected chi connectivity index (χ4v) is 3.71. The monoisotopic (exact) mass is 494 g/mol. The Balaban J connectivity index is 3.31. The van der Waals surface area contributed by atoms with E-state index in [1.54, 1.807) is 0 Å². The highest BCUT2D eigenvalue weighted by Crippen LogP contribution is 2.36. The van der Waals surface area contributed by atoms with Crippen LogP contribution < -0.4 is 0 Å². The van der Waals surface area contributed by atoms with E-state index >= 15 is 0 Å². The summed E-state index contributed by atoms with van der Waals surface area (Å²) in [5, 5.41) is 0. The summed E-state index contributed by atoms with van der Waals surface area (Å²) in [5.41, 5.74) is 0. The summed E-state index contributed by atoms with van der Waals surface area (Å²) in [7, 11) is -8.62. The van der Waals surface area contributed by atoms with Gasteiger partial charge in [-0.05, 0) is 37.5 Å². The minimum atomic E-state index is -4.31. The number of hydrogen-bond acceptors (Lipinski definition) is 4. The average Bonchev–Trinajstić information content (AvgIpc) is 2.69. The maximum absolute atomic E-state index is 10.5. The minimum Gasteiger partial charge on any atom is -0.303 e. The second kappa shape index (κ2) is 20.9. The van der Waals surface area contributed by atoms with Crippen LogP contribution in [0.2, 0.25) is 0 Å². The van der Waals surface area contributed by atoms with Gasteiger partial charge < -0.3 is 19.6 Å². The Kier molecular flexibility index (Phi) is 20.5. The van der Waals surface area contributed by atoms with Gasteiger partial charge in [-0.2, -0.15) is 0 Å². The van der Waals surface area contributed by atoms with Gasteiger partial charge in [0.2, 0.25) is 0 Å². The fourth-order valence-electron chi connectivity index (χ4n) is 2.98. The zero-order valence-electron chi connectivity index (χ0n) is 19.0. The van der Waals surface area contributed by atoms with Crippen LogP contribution in [0.1, 0.15) is 103 Å². The number of rotatable bonds is 20. The number of phosphoric acid groups is 2. The normalized spacial score (nSPS) is 11.5. The second-order valence-corrected chi connectivity index (χ2v) is 10.2. The van der Waals surface area contributed by atoms with Gasteiger partial charge in [0.15, 0.2) is 0 Å². The highest BCUT2D eigenvalue weighted by atomic mass is 31.2. The molecule has 0 fully saturated rings. The van der Waals surface area contributed by atoms with Crippen molar-refractivity contribution in [1.29, 1.82) is 0 Å². The molecule has 0 saturated carbocycles. The molecule has 32 heavy (non-hydrogen) atoms. The van der Waals surface area contributed by atoms with Gasteiger partial charge in [-0.3, -0.25) is 9.05 Å². The van der Waals surface area contributed by atoms with Crippen LogP contribution in [0.5, 0.6) is 0 Å². The van der Waals surface area contributed by atoms with Crippen molar-refractivity contribution >= 4 is 15.6 Å². The number of phosphoric ester groups is 2. The van der Waals surface area contributed by atoms with Crippen LogP contribution in [-0.2, 0) is 18.2 Å². The molecule has 4 N–H and O–H groups in total. The van der Waals surface area contributed by atoms with Crippen molar-refractivity contribution in [2.24, 2.45) is 0 Å². The molecule has 0 radical (unpaired) electrons. The molecule has 0 spiro atoms. The number of unbranched alkanes of at least 4 members (excludes halogenated alkanes) is 14. The first-order chi connectivity index (χ1) is 15.2. The largest absolute Gasteiger partial charge is 0.469 e. The van der Waals surface area contributed by atoms with E-state index in [-0.39, 0.29) is 13.2 Å². The highest BCUT2D eigenvalue weighted by molar-refractivity contribution is 7.46. The molecule has 0 aromatic carbocycles. The molecule has 0 atom stereocenters. The third-order valence-corrected chi connectivity index (χ3v) is 5.69. The predicted molar refractivity (Wildman–Crippen MR) is 125 cm³/mol. The van der Waals surface area contributed by atoms with Crippen LogP contribution in [0.15, 0.2) is 0 Å². The summed E-state index contributed by atoms with van der Waals surface area (Å²) in [4.78, 5) is 34.2. The van der Waals surface area contributed by atoms with E-state index < -0.39 is 15.6 Å². The lowest BCUT2D eigenvalue weighted by Crippen LogP contribution is -1.92. The molecule has 0 amide bonds. The molecule has 0 rings (SSSR count). The third kappa shape index (κ3) is 29.3. The first-order valence-electron chi connectivity index (χ1n) is 11.6.